The van der Waals surface area contributed by atoms with Crippen LogP contribution in [0.3, 0.4) is 0 Å². The molecule has 0 aliphatic carbocycles. The van der Waals surface area contributed by atoms with Gasteiger partial charge in [-0.2, -0.15) is 5.26 Å². The van der Waals surface area contributed by atoms with E-state index in [1.165, 1.54) is 16.9 Å². The van der Waals surface area contributed by atoms with Crippen LogP contribution in [0.5, 0.6) is 0 Å². The summed E-state index contributed by atoms with van der Waals surface area (Å²) in [6.45, 7) is 6.21. The van der Waals surface area contributed by atoms with E-state index in [0.717, 1.165) is 27.5 Å². The lowest BCUT2D eigenvalue weighted by Crippen LogP contribution is -1.93. The summed E-state index contributed by atoms with van der Waals surface area (Å²) >= 11 is 1.39. The Kier molecular flexibility index (Phi) is 3.35. The van der Waals surface area contributed by atoms with Gasteiger partial charge in [0.05, 0.1) is 0 Å². The van der Waals surface area contributed by atoms with Crippen molar-refractivity contribution in [2.24, 2.45) is 0 Å². The molecule has 3 nitrogen and oxygen atoms in total. The third kappa shape index (κ3) is 2.09. The van der Waals surface area contributed by atoms with Gasteiger partial charge in [-0.1, -0.05) is 29.0 Å². The van der Waals surface area contributed by atoms with Gasteiger partial charge in [0.15, 0.2) is 5.13 Å². The van der Waals surface area contributed by atoms with Crippen LogP contribution in [0.25, 0.3) is 11.3 Å². The van der Waals surface area contributed by atoms with Crippen molar-refractivity contribution in [3.8, 4) is 17.3 Å². The van der Waals surface area contributed by atoms with Gasteiger partial charge >= 0.3 is 0 Å². The minimum absolute atomic E-state index is 0.661. The summed E-state index contributed by atoms with van der Waals surface area (Å²) in [4.78, 5) is 5.17. The number of aromatic nitrogens is 1. The lowest BCUT2D eigenvalue weighted by atomic mass is 9.97. The van der Waals surface area contributed by atoms with Gasteiger partial charge in [-0.3, -0.25) is 0 Å². The molecule has 0 aliphatic heterocycles. The number of aryl methyl sites for hydroxylation is 3. The van der Waals surface area contributed by atoms with Crippen LogP contribution in [-0.4, -0.2) is 12.0 Å². The maximum atomic E-state index is 9.22. The molecule has 4 heteroatoms. The molecule has 1 N–H and O–H groups in total. The van der Waals surface area contributed by atoms with Gasteiger partial charge in [0.1, 0.15) is 16.6 Å². The molecule has 92 valence electrons. The fourth-order valence-corrected chi connectivity index (χ4v) is 2.95. The number of nitrogens with zero attached hydrogens (tertiary/aromatic N) is 2. The Bertz CT molecular complexity index is 612. The fourth-order valence-electron chi connectivity index (χ4n) is 2.23. The monoisotopic (exact) mass is 257 g/mol. The van der Waals surface area contributed by atoms with Crippen molar-refractivity contribution in [2.45, 2.75) is 20.8 Å². The number of thiazole rings is 1. The van der Waals surface area contributed by atoms with Crippen molar-refractivity contribution in [3.05, 3.63) is 33.7 Å². The first-order valence-electron chi connectivity index (χ1n) is 5.73. The highest BCUT2D eigenvalue weighted by Crippen LogP contribution is 2.34. The number of hydrogen-bond donors (Lipinski definition) is 1. The van der Waals surface area contributed by atoms with Crippen molar-refractivity contribution in [3.63, 3.8) is 0 Å². The average Bonchev–Trinajstić information content (AvgIpc) is 2.71. The number of hydrogen-bond acceptors (Lipinski definition) is 4. The molecule has 0 atom stereocenters. The molecule has 1 aromatic carbocycles. The third-order valence-electron chi connectivity index (χ3n) is 2.86. The first-order chi connectivity index (χ1) is 8.56. The van der Waals surface area contributed by atoms with Crippen LogP contribution in [-0.2, 0) is 0 Å². The van der Waals surface area contributed by atoms with Gasteiger partial charge < -0.3 is 5.32 Å². The van der Waals surface area contributed by atoms with Crippen molar-refractivity contribution in [1.82, 2.24) is 4.98 Å². The minimum Gasteiger partial charge on any atom is -0.365 e. The van der Waals surface area contributed by atoms with Crippen LogP contribution in [0, 0.1) is 32.1 Å². The largest absolute Gasteiger partial charge is 0.365 e. The fraction of sp³-hybridized carbons (Fsp3) is 0.286. The average molecular weight is 257 g/mol. The van der Waals surface area contributed by atoms with Crippen molar-refractivity contribution >= 4 is 16.5 Å². The Morgan fingerprint density at radius 2 is 1.83 bits per heavy atom. The summed E-state index contributed by atoms with van der Waals surface area (Å²) in [5, 5.41) is 13.0. The van der Waals surface area contributed by atoms with E-state index in [1.807, 2.05) is 7.05 Å². The van der Waals surface area contributed by atoms with Crippen LogP contribution < -0.4 is 5.32 Å². The van der Waals surface area contributed by atoms with E-state index >= 15 is 0 Å². The second kappa shape index (κ2) is 4.79. The molecule has 0 spiro atoms. The standard InChI is InChI=1S/C14H15N3S/c1-8-5-9(2)12(10(3)6-8)13-11(7-15)18-14(16-4)17-13/h5-6H,1-4H3,(H,16,17). The molecule has 2 rings (SSSR count). The lowest BCUT2D eigenvalue weighted by Gasteiger charge is -2.09. The van der Waals surface area contributed by atoms with E-state index in [2.05, 4.69) is 49.3 Å². The molecule has 0 aliphatic rings. The molecule has 0 saturated carbocycles. The van der Waals surface area contributed by atoms with E-state index in [4.69, 9.17) is 0 Å². The third-order valence-corrected chi connectivity index (χ3v) is 3.83. The topological polar surface area (TPSA) is 48.7 Å². The maximum Gasteiger partial charge on any atom is 0.184 e. The molecule has 0 radical (unpaired) electrons. The van der Waals surface area contributed by atoms with E-state index < -0.39 is 0 Å². The summed E-state index contributed by atoms with van der Waals surface area (Å²) in [7, 11) is 1.82. The SMILES string of the molecule is CNc1nc(-c2c(C)cc(C)cc2C)c(C#N)s1. The minimum atomic E-state index is 0.661. The second-order valence-corrected chi connectivity index (χ2v) is 5.33. The van der Waals surface area contributed by atoms with Crippen molar-refractivity contribution < 1.29 is 0 Å². The predicted octanol–water partition coefficient (Wildman–Crippen LogP) is 3.65. The molecular weight excluding hydrogens is 242 g/mol. The predicted molar refractivity (Wildman–Crippen MR) is 76.0 cm³/mol. The van der Waals surface area contributed by atoms with Gasteiger partial charge in [-0.05, 0) is 31.9 Å². The maximum absolute atomic E-state index is 9.22. The van der Waals surface area contributed by atoms with Gasteiger partial charge in [0, 0.05) is 12.6 Å². The van der Waals surface area contributed by atoms with Crippen LogP contribution in [0.4, 0.5) is 5.13 Å². The Morgan fingerprint density at radius 3 is 2.33 bits per heavy atom. The van der Waals surface area contributed by atoms with Gasteiger partial charge in [0.25, 0.3) is 0 Å². The summed E-state index contributed by atoms with van der Waals surface area (Å²) in [5.41, 5.74) is 5.43. The zero-order chi connectivity index (χ0) is 13.3. The molecule has 1 aromatic heterocycles. The number of nitrogens with one attached hydrogen (secondary N) is 1. The first kappa shape index (κ1) is 12.6. The van der Waals surface area contributed by atoms with E-state index in [9.17, 15) is 5.26 Å². The van der Waals surface area contributed by atoms with Crippen LogP contribution in [0.15, 0.2) is 12.1 Å². The lowest BCUT2D eigenvalue weighted by molar-refractivity contribution is 1.28. The van der Waals surface area contributed by atoms with Gasteiger partial charge in [-0.15, -0.1) is 0 Å². The Labute approximate surface area is 111 Å². The van der Waals surface area contributed by atoms with Crippen molar-refractivity contribution in [1.29, 1.82) is 5.26 Å². The molecule has 0 bridgehead atoms. The first-order valence-corrected chi connectivity index (χ1v) is 6.55. The normalized spacial score (nSPS) is 10.2. The van der Waals surface area contributed by atoms with Crippen LogP contribution >= 0.6 is 11.3 Å². The highest BCUT2D eigenvalue weighted by atomic mass is 32.1. The molecule has 0 unspecified atom stereocenters. The summed E-state index contributed by atoms with van der Waals surface area (Å²) in [6, 6.07) is 6.49. The molecule has 2 aromatic rings. The van der Waals surface area contributed by atoms with E-state index in [-0.39, 0.29) is 0 Å². The summed E-state index contributed by atoms with van der Waals surface area (Å²) in [6.07, 6.45) is 0. The Morgan fingerprint density at radius 1 is 1.22 bits per heavy atom. The molecule has 0 saturated heterocycles. The number of benzene rings is 1. The molecule has 0 amide bonds. The molecule has 1 heterocycles. The molecule has 0 fully saturated rings. The highest BCUT2D eigenvalue weighted by Gasteiger charge is 2.16. The number of rotatable bonds is 2. The molecule has 18 heavy (non-hydrogen) atoms. The van der Waals surface area contributed by atoms with Gasteiger partial charge in [-0.25, -0.2) is 4.98 Å². The Balaban J connectivity index is 2.69. The highest BCUT2D eigenvalue weighted by molar-refractivity contribution is 7.16. The van der Waals surface area contributed by atoms with E-state index in [1.54, 1.807) is 0 Å². The molecular formula is C14H15N3S. The van der Waals surface area contributed by atoms with Gasteiger partial charge in [0.2, 0.25) is 0 Å². The zero-order valence-corrected chi connectivity index (χ0v) is 11.8. The smallest absolute Gasteiger partial charge is 0.184 e. The zero-order valence-electron chi connectivity index (χ0n) is 11.0. The van der Waals surface area contributed by atoms with Crippen molar-refractivity contribution in [2.75, 3.05) is 12.4 Å². The quantitative estimate of drug-likeness (QED) is 0.893. The second-order valence-electron chi connectivity index (χ2n) is 4.33. The number of nitriles is 1. The van der Waals surface area contributed by atoms with E-state index in [0.29, 0.717) is 4.88 Å². The summed E-state index contributed by atoms with van der Waals surface area (Å²) < 4.78 is 0. The van der Waals surface area contributed by atoms with Crippen LogP contribution in [0.1, 0.15) is 21.6 Å². The summed E-state index contributed by atoms with van der Waals surface area (Å²) in [5.74, 6) is 0. The number of anilines is 1. The van der Waals surface area contributed by atoms with Crippen LogP contribution in [0.2, 0.25) is 0 Å². The Hall–Kier alpha value is -1.86.